The average molecular weight is 609 g/mol. The molecule has 0 aliphatic carbocycles. The first kappa shape index (κ1) is 21.7. The van der Waals surface area contributed by atoms with Gasteiger partial charge < -0.3 is 20.1 Å². The van der Waals surface area contributed by atoms with Crippen molar-refractivity contribution < 1.29 is 24.9 Å². The highest BCUT2D eigenvalue weighted by Gasteiger charge is 2.34. The molecule has 3 aromatic carbocycles. The lowest BCUT2D eigenvalue weighted by molar-refractivity contribution is 0.0947. The van der Waals surface area contributed by atoms with Crippen molar-refractivity contribution in [2.75, 3.05) is 0 Å². The number of ether oxygens (including phenoxy) is 1. The molecule has 0 unspecified atom stereocenters. The van der Waals surface area contributed by atoms with Gasteiger partial charge in [-0.2, -0.15) is 0 Å². The average Bonchev–Trinajstić information content (AvgIpc) is 2.71. The normalized spacial score (nSPS) is 14.4. The largest absolute Gasteiger partial charge is 0.508 e. The van der Waals surface area contributed by atoms with Gasteiger partial charge in [-0.25, -0.2) is 0 Å². The molecular weight excluding hydrogens is 596 g/mol. The highest BCUT2D eigenvalue weighted by Crippen LogP contribution is 2.45. The van der Waals surface area contributed by atoms with E-state index in [4.69, 9.17) is 4.74 Å². The number of phenolic OH excluding ortho intramolecular Hbond substituents is 3. The van der Waals surface area contributed by atoms with Crippen molar-refractivity contribution in [3.05, 3.63) is 96.2 Å². The number of hydrogen-bond donors (Lipinski definition) is 3. The van der Waals surface area contributed by atoms with Gasteiger partial charge in [0.05, 0.1) is 19.0 Å². The summed E-state index contributed by atoms with van der Waals surface area (Å²) in [6.07, 6.45) is 1.75. The molecule has 1 aliphatic rings. The van der Waals surface area contributed by atoms with E-state index in [9.17, 15) is 20.1 Å². The second kappa shape index (κ2) is 8.53. The molecule has 1 aliphatic heterocycles. The highest BCUT2D eigenvalue weighted by atomic mass is 79.9. The molecule has 3 N–H and O–H groups in total. The first-order valence-corrected chi connectivity index (χ1v) is 11.3. The van der Waals surface area contributed by atoms with Crippen LogP contribution in [-0.4, -0.2) is 21.1 Å². The zero-order valence-electron chi connectivity index (χ0n) is 15.6. The van der Waals surface area contributed by atoms with Gasteiger partial charge in [0.1, 0.15) is 23.0 Å². The Morgan fingerprint density at radius 1 is 0.839 bits per heavy atom. The number of Topliss-reactive ketones (excluding diaryl/α,β-unsaturated/α-hetero) is 1. The Kier molecular flexibility index (Phi) is 5.96. The van der Waals surface area contributed by atoms with Gasteiger partial charge in [0, 0.05) is 5.56 Å². The Hall–Kier alpha value is -2.55. The monoisotopic (exact) mass is 606 g/mol. The van der Waals surface area contributed by atoms with E-state index in [1.165, 1.54) is 24.3 Å². The number of benzene rings is 3. The standard InChI is InChI=1S/C23H13Br3O5/c24-15-7-11(1-6-18(15)28)8-19-20(13-9-16(25)22(30)17(26)10-13)23(31-19)21(29)12-2-4-14(27)5-3-12/h1-10,27-28,30H/b19-8-. The fourth-order valence-electron chi connectivity index (χ4n) is 3.03. The molecule has 1 heterocycles. The maximum atomic E-state index is 13.1. The summed E-state index contributed by atoms with van der Waals surface area (Å²) in [6.45, 7) is 0. The molecule has 31 heavy (non-hydrogen) atoms. The number of aromatic hydroxyl groups is 3. The van der Waals surface area contributed by atoms with Crippen LogP contribution >= 0.6 is 47.8 Å². The highest BCUT2D eigenvalue weighted by molar-refractivity contribution is 9.11. The molecule has 8 heteroatoms. The number of rotatable bonds is 4. The summed E-state index contributed by atoms with van der Waals surface area (Å²) in [5.74, 6) is 0.499. The van der Waals surface area contributed by atoms with Crippen LogP contribution < -0.4 is 0 Å². The molecule has 0 spiro atoms. The van der Waals surface area contributed by atoms with E-state index in [1.54, 1.807) is 36.4 Å². The van der Waals surface area contributed by atoms with Gasteiger partial charge in [-0.05, 0) is 114 Å². The topological polar surface area (TPSA) is 87.0 Å². The molecule has 0 atom stereocenters. The van der Waals surface area contributed by atoms with Crippen LogP contribution in [-0.2, 0) is 4.74 Å². The zero-order valence-corrected chi connectivity index (χ0v) is 20.3. The minimum Gasteiger partial charge on any atom is -0.508 e. The predicted molar refractivity (Wildman–Crippen MR) is 128 cm³/mol. The lowest BCUT2D eigenvalue weighted by Gasteiger charge is -2.27. The molecule has 0 radical (unpaired) electrons. The Morgan fingerprint density at radius 2 is 1.48 bits per heavy atom. The van der Waals surface area contributed by atoms with Crippen LogP contribution in [0.4, 0.5) is 0 Å². The molecule has 156 valence electrons. The van der Waals surface area contributed by atoms with Crippen molar-refractivity contribution in [3.63, 3.8) is 0 Å². The second-order valence-corrected chi connectivity index (χ2v) is 9.25. The third-order valence-electron chi connectivity index (χ3n) is 4.60. The predicted octanol–water partition coefficient (Wildman–Crippen LogP) is 6.76. The van der Waals surface area contributed by atoms with Crippen molar-refractivity contribution in [2.24, 2.45) is 0 Å². The maximum absolute atomic E-state index is 13.1. The van der Waals surface area contributed by atoms with Crippen LogP contribution in [0.3, 0.4) is 0 Å². The molecule has 0 saturated heterocycles. The number of hydrogen-bond acceptors (Lipinski definition) is 5. The number of halogens is 3. The van der Waals surface area contributed by atoms with Crippen LogP contribution in [0.5, 0.6) is 17.2 Å². The molecule has 0 saturated carbocycles. The number of ketones is 1. The summed E-state index contributed by atoms with van der Waals surface area (Å²) in [7, 11) is 0. The van der Waals surface area contributed by atoms with E-state index in [0.29, 0.717) is 35.9 Å². The second-order valence-electron chi connectivity index (χ2n) is 6.69. The molecule has 0 amide bonds. The fraction of sp³-hybridized carbons (Fsp3) is 0. The molecule has 0 fully saturated rings. The van der Waals surface area contributed by atoms with Crippen molar-refractivity contribution in [2.45, 2.75) is 0 Å². The molecule has 0 aromatic heterocycles. The van der Waals surface area contributed by atoms with Gasteiger partial charge in [-0.15, -0.1) is 0 Å². The summed E-state index contributed by atoms with van der Waals surface area (Å²) in [6, 6.07) is 14.3. The van der Waals surface area contributed by atoms with Gasteiger partial charge in [0.15, 0.2) is 5.76 Å². The van der Waals surface area contributed by atoms with Crippen LogP contribution in [0, 0.1) is 0 Å². The molecular formula is C23H13Br3O5. The SMILES string of the molecule is O=C(C1=C(c2cc(Br)c(O)c(Br)c2)/C(=C/c2ccc(O)c(Br)c2)O1)c1ccc(O)cc1. The van der Waals surface area contributed by atoms with E-state index in [2.05, 4.69) is 47.8 Å². The third-order valence-corrected chi connectivity index (χ3v) is 6.44. The van der Waals surface area contributed by atoms with Crippen LogP contribution in [0.1, 0.15) is 21.5 Å². The summed E-state index contributed by atoms with van der Waals surface area (Å²) in [5.41, 5.74) is 2.36. The van der Waals surface area contributed by atoms with Crippen LogP contribution in [0.25, 0.3) is 11.6 Å². The van der Waals surface area contributed by atoms with Crippen molar-refractivity contribution in [3.8, 4) is 17.2 Å². The van der Waals surface area contributed by atoms with Crippen molar-refractivity contribution >= 4 is 65.2 Å². The van der Waals surface area contributed by atoms with Gasteiger partial charge in [0.25, 0.3) is 0 Å². The van der Waals surface area contributed by atoms with Gasteiger partial charge in [-0.1, -0.05) is 6.07 Å². The minimum absolute atomic E-state index is 0.0454. The lowest BCUT2D eigenvalue weighted by atomic mass is 9.93. The van der Waals surface area contributed by atoms with Crippen molar-refractivity contribution in [1.29, 1.82) is 0 Å². The maximum Gasteiger partial charge on any atom is 0.229 e. The van der Waals surface area contributed by atoms with E-state index in [0.717, 1.165) is 5.56 Å². The quantitative estimate of drug-likeness (QED) is 0.285. The summed E-state index contributed by atoms with van der Waals surface area (Å²) < 4.78 is 7.24. The van der Waals surface area contributed by atoms with Gasteiger partial charge in [0.2, 0.25) is 5.78 Å². The first-order valence-electron chi connectivity index (χ1n) is 8.89. The first-order chi connectivity index (χ1) is 14.7. The summed E-state index contributed by atoms with van der Waals surface area (Å²) in [5, 5.41) is 29.3. The fourth-order valence-corrected chi connectivity index (χ4v) is 4.61. The Bertz CT molecular complexity index is 1250. The smallest absolute Gasteiger partial charge is 0.229 e. The Morgan fingerprint density at radius 3 is 2.10 bits per heavy atom. The van der Waals surface area contributed by atoms with E-state index < -0.39 is 0 Å². The van der Waals surface area contributed by atoms with E-state index in [1.807, 2.05) is 0 Å². The van der Waals surface area contributed by atoms with Gasteiger partial charge in [-0.3, -0.25) is 4.79 Å². The van der Waals surface area contributed by atoms with E-state index >= 15 is 0 Å². The Balaban J connectivity index is 1.84. The number of carbonyl (C=O) groups excluding carboxylic acids is 1. The minimum atomic E-state index is -0.334. The van der Waals surface area contributed by atoms with Crippen LogP contribution in [0.15, 0.2) is 79.5 Å². The number of allylic oxidation sites excluding steroid dienone is 2. The number of phenols is 3. The number of carbonyl (C=O) groups is 1. The third kappa shape index (κ3) is 4.28. The molecule has 0 bridgehead atoms. The van der Waals surface area contributed by atoms with Crippen LogP contribution in [0.2, 0.25) is 0 Å². The molecule has 3 aromatic rings. The zero-order chi connectivity index (χ0) is 22.3. The van der Waals surface area contributed by atoms with Crippen molar-refractivity contribution in [1.82, 2.24) is 0 Å². The Labute approximate surface area is 202 Å². The van der Waals surface area contributed by atoms with E-state index in [-0.39, 0.29) is 28.8 Å². The summed E-state index contributed by atoms with van der Waals surface area (Å²) >= 11 is 9.93. The lowest BCUT2D eigenvalue weighted by Crippen LogP contribution is -2.19. The van der Waals surface area contributed by atoms with Gasteiger partial charge >= 0.3 is 0 Å². The summed E-state index contributed by atoms with van der Waals surface area (Å²) in [4.78, 5) is 13.1. The molecule has 4 rings (SSSR count). The molecule has 5 nitrogen and oxygen atoms in total.